The molecule has 0 radical (unpaired) electrons. The van der Waals surface area contributed by atoms with Gasteiger partial charge in [0, 0.05) is 31.9 Å². The minimum Gasteiger partial charge on any atom is -0.329 e. The van der Waals surface area contributed by atoms with Crippen LogP contribution in [0, 0.1) is 10.1 Å². The van der Waals surface area contributed by atoms with Crippen LogP contribution in [0.3, 0.4) is 0 Å². The quantitative estimate of drug-likeness (QED) is 0.650. The van der Waals surface area contributed by atoms with Crippen molar-refractivity contribution in [2.75, 3.05) is 13.6 Å². The first-order valence-electron chi connectivity index (χ1n) is 6.51. The van der Waals surface area contributed by atoms with Gasteiger partial charge in [0.15, 0.2) is 0 Å². The Kier molecular flexibility index (Phi) is 4.40. The molecule has 2 aromatic rings. The number of likely N-dealkylation sites (N-methyl/N-ethyl adjacent to an activating group) is 1. The number of nitrogens with zero attached hydrogens (tertiary/aromatic N) is 3. The number of nitro benzene ring substituents is 1. The zero-order chi connectivity index (χ0) is 16.5. The molecule has 0 bridgehead atoms. The van der Waals surface area contributed by atoms with Crippen LogP contribution < -0.4 is 5.73 Å². The second-order valence-corrected chi connectivity index (χ2v) is 6.81. The fourth-order valence-corrected chi connectivity index (χ4v) is 3.56. The van der Waals surface area contributed by atoms with E-state index in [1.54, 1.807) is 6.92 Å². The summed E-state index contributed by atoms with van der Waals surface area (Å²) in [4.78, 5) is 14.4. The van der Waals surface area contributed by atoms with Crippen LogP contribution in [0.5, 0.6) is 0 Å². The minimum absolute atomic E-state index is 0.0727. The first-order chi connectivity index (χ1) is 10.3. The molecule has 0 aliphatic carbocycles. The predicted octanol–water partition coefficient (Wildman–Crippen LogP) is 1.11. The number of hydrogen-bond donors (Lipinski definition) is 1. The van der Waals surface area contributed by atoms with Gasteiger partial charge in [-0.25, -0.2) is 8.42 Å². The third-order valence-electron chi connectivity index (χ3n) is 3.53. The van der Waals surface area contributed by atoms with E-state index in [9.17, 15) is 18.5 Å². The Labute approximate surface area is 127 Å². The van der Waals surface area contributed by atoms with Gasteiger partial charge >= 0.3 is 0 Å². The highest BCUT2D eigenvalue weighted by atomic mass is 32.2. The predicted molar refractivity (Wildman–Crippen MR) is 81.9 cm³/mol. The molecule has 8 nitrogen and oxygen atoms in total. The van der Waals surface area contributed by atoms with Crippen molar-refractivity contribution >= 4 is 26.6 Å². The molecule has 22 heavy (non-hydrogen) atoms. The van der Waals surface area contributed by atoms with Crippen molar-refractivity contribution in [3.05, 3.63) is 40.6 Å². The van der Waals surface area contributed by atoms with Crippen LogP contribution in [-0.2, 0) is 10.0 Å². The van der Waals surface area contributed by atoms with Crippen molar-refractivity contribution < 1.29 is 13.3 Å². The topological polar surface area (TPSA) is 119 Å². The molecule has 0 fully saturated rings. The standard InChI is InChI=1S/C13H16N4O4S/c1-9(8-14)16(2)22(20,21)12-6-5-11(17(18)19)10-4-3-7-15-13(10)12/h3-7,9H,8,14H2,1-2H3. The molecule has 1 atom stereocenters. The van der Waals surface area contributed by atoms with Crippen molar-refractivity contribution in [3.8, 4) is 0 Å². The van der Waals surface area contributed by atoms with Crippen molar-refractivity contribution in [2.45, 2.75) is 17.9 Å². The van der Waals surface area contributed by atoms with Crippen LogP contribution in [0.4, 0.5) is 5.69 Å². The number of benzene rings is 1. The van der Waals surface area contributed by atoms with Gasteiger partial charge in [0.2, 0.25) is 10.0 Å². The molecule has 0 saturated heterocycles. The summed E-state index contributed by atoms with van der Waals surface area (Å²) in [6.45, 7) is 1.84. The Hall–Kier alpha value is -2.10. The third kappa shape index (κ3) is 2.65. The smallest absolute Gasteiger partial charge is 0.278 e. The second-order valence-electron chi connectivity index (χ2n) is 4.85. The highest BCUT2D eigenvalue weighted by Gasteiger charge is 2.29. The zero-order valence-corrected chi connectivity index (χ0v) is 12.9. The largest absolute Gasteiger partial charge is 0.329 e. The van der Waals surface area contributed by atoms with E-state index in [-0.39, 0.29) is 28.0 Å². The van der Waals surface area contributed by atoms with E-state index < -0.39 is 21.0 Å². The molecule has 0 aliphatic rings. The molecule has 0 spiro atoms. The summed E-state index contributed by atoms with van der Waals surface area (Å²) in [5.74, 6) is 0. The number of nitro groups is 1. The van der Waals surface area contributed by atoms with Crippen LogP contribution in [0.15, 0.2) is 35.4 Å². The number of nitrogens with two attached hydrogens (primary N) is 1. The van der Waals surface area contributed by atoms with E-state index in [0.717, 1.165) is 4.31 Å². The van der Waals surface area contributed by atoms with Gasteiger partial charge in [0.25, 0.3) is 5.69 Å². The Morgan fingerprint density at radius 1 is 1.41 bits per heavy atom. The number of pyridine rings is 1. The molecule has 1 aromatic heterocycles. The summed E-state index contributed by atoms with van der Waals surface area (Å²) in [5, 5.41) is 11.2. The number of non-ortho nitro benzene ring substituents is 1. The van der Waals surface area contributed by atoms with E-state index in [0.29, 0.717) is 0 Å². The number of rotatable bonds is 5. The second kappa shape index (κ2) is 5.95. The lowest BCUT2D eigenvalue weighted by atomic mass is 10.2. The maximum absolute atomic E-state index is 12.7. The maximum atomic E-state index is 12.7. The maximum Gasteiger partial charge on any atom is 0.278 e. The molecule has 2 rings (SSSR count). The summed E-state index contributed by atoms with van der Waals surface area (Å²) < 4.78 is 26.5. The zero-order valence-electron chi connectivity index (χ0n) is 12.1. The molecule has 1 unspecified atom stereocenters. The summed E-state index contributed by atoms with van der Waals surface area (Å²) in [6, 6.07) is 4.99. The Bertz CT molecular complexity index is 822. The molecule has 0 aliphatic heterocycles. The van der Waals surface area contributed by atoms with Gasteiger partial charge in [-0.05, 0) is 25.1 Å². The Morgan fingerprint density at radius 3 is 2.68 bits per heavy atom. The highest BCUT2D eigenvalue weighted by Crippen LogP contribution is 2.30. The van der Waals surface area contributed by atoms with Gasteiger partial charge in [0.05, 0.1) is 15.8 Å². The lowest BCUT2D eigenvalue weighted by Gasteiger charge is -2.23. The summed E-state index contributed by atoms with van der Waals surface area (Å²) >= 11 is 0. The van der Waals surface area contributed by atoms with Crippen LogP contribution in [0.1, 0.15) is 6.92 Å². The number of fused-ring (bicyclic) bond motifs is 1. The fraction of sp³-hybridized carbons (Fsp3) is 0.308. The number of sulfonamides is 1. The van der Waals surface area contributed by atoms with Gasteiger partial charge in [-0.1, -0.05) is 0 Å². The monoisotopic (exact) mass is 324 g/mol. The normalized spacial score (nSPS) is 13.5. The van der Waals surface area contributed by atoms with E-state index >= 15 is 0 Å². The fourth-order valence-electron chi connectivity index (χ4n) is 2.04. The van der Waals surface area contributed by atoms with Gasteiger partial charge in [0.1, 0.15) is 4.90 Å². The molecule has 0 amide bonds. The summed E-state index contributed by atoms with van der Waals surface area (Å²) in [6.07, 6.45) is 1.40. The number of aromatic nitrogens is 1. The first-order valence-corrected chi connectivity index (χ1v) is 7.95. The average Bonchev–Trinajstić information content (AvgIpc) is 2.51. The molecule has 2 N–H and O–H groups in total. The van der Waals surface area contributed by atoms with Gasteiger partial charge in [-0.2, -0.15) is 4.31 Å². The van der Waals surface area contributed by atoms with Gasteiger partial charge in [-0.15, -0.1) is 0 Å². The van der Waals surface area contributed by atoms with E-state index in [2.05, 4.69) is 4.98 Å². The van der Waals surface area contributed by atoms with Crippen molar-refractivity contribution in [1.29, 1.82) is 0 Å². The van der Waals surface area contributed by atoms with E-state index in [1.807, 2.05) is 0 Å². The number of hydrogen-bond acceptors (Lipinski definition) is 6. The van der Waals surface area contributed by atoms with E-state index in [4.69, 9.17) is 5.73 Å². The van der Waals surface area contributed by atoms with Crippen molar-refractivity contribution in [1.82, 2.24) is 9.29 Å². The SMILES string of the molecule is CC(CN)N(C)S(=O)(=O)c1ccc([N+](=O)[O-])c2cccnc12. The molecule has 9 heteroatoms. The minimum atomic E-state index is -3.85. The first kappa shape index (κ1) is 16.3. The summed E-state index contributed by atoms with van der Waals surface area (Å²) in [7, 11) is -2.43. The third-order valence-corrected chi connectivity index (χ3v) is 5.53. The lowest BCUT2D eigenvalue weighted by molar-refractivity contribution is -0.383. The van der Waals surface area contributed by atoms with E-state index in [1.165, 1.54) is 37.5 Å². The van der Waals surface area contributed by atoms with Crippen LogP contribution in [-0.4, -0.2) is 42.3 Å². The molecule has 118 valence electrons. The lowest BCUT2D eigenvalue weighted by Crippen LogP contribution is -2.39. The molecule has 1 heterocycles. The van der Waals surface area contributed by atoms with Crippen LogP contribution in [0.25, 0.3) is 10.9 Å². The van der Waals surface area contributed by atoms with Gasteiger partial charge in [-0.3, -0.25) is 15.1 Å². The van der Waals surface area contributed by atoms with Crippen molar-refractivity contribution in [2.24, 2.45) is 5.73 Å². The Morgan fingerprint density at radius 2 is 2.09 bits per heavy atom. The Balaban J connectivity index is 2.73. The average molecular weight is 324 g/mol. The van der Waals surface area contributed by atoms with Crippen LogP contribution >= 0.6 is 0 Å². The van der Waals surface area contributed by atoms with Gasteiger partial charge < -0.3 is 5.73 Å². The molecule has 1 aromatic carbocycles. The van der Waals surface area contributed by atoms with Crippen molar-refractivity contribution in [3.63, 3.8) is 0 Å². The molecular formula is C13H16N4O4S. The molecule has 0 saturated carbocycles. The highest BCUT2D eigenvalue weighted by molar-refractivity contribution is 7.89. The van der Waals surface area contributed by atoms with Crippen LogP contribution in [0.2, 0.25) is 0 Å². The summed E-state index contributed by atoms with van der Waals surface area (Å²) in [5.41, 5.74) is 5.41. The molecular weight excluding hydrogens is 308 g/mol.